The number of unbranched alkanes of at least 4 members (excludes halogenated alkanes) is 1. The molecule has 1 unspecified atom stereocenters. The predicted octanol–water partition coefficient (Wildman–Crippen LogP) is 4.02. The van der Waals surface area contributed by atoms with Crippen LogP contribution < -0.4 is 10.6 Å². The lowest BCUT2D eigenvalue weighted by Crippen LogP contribution is -2.55. The Morgan fingerprint density at radius 2 is 1.70 bits per heavy atom. The van der Waals surface area contributed by atoms with E-state index >= 15 is 0 Å². The molecule has 8 heteroatoms. The summed E-state index contributed by atoms with van der Waals surface area (Å²) in [5.41, 5.74) is 3.25. The minimum absolute atomic E-state index is 0.0313. The number of amides is 5. The summed E-state index contributed by atoms with van der Waals surface area (Å²) in [7, 11) is 0. The van der Waals surface area contributed by atoms with Gasteiger partial charge >= 0.3 is 11.9 Å². The summed E-state index contributed by atoms with van der Waals surface area (Å²) in [5.74, 6) is -1.20. The first-order chi connectivity index (χ1) is 17.8. The second-order valence-electron chi connectivity index (χ2n) is 10.3. The normalized spacial score (nSPS) is 19.7. The van der Waals surface area contributed by atoms with Gasteiger partial charge in [-0.05, 0) is 68.9 Å². The van der Waals surface area contributed by atoms with Crippen LogP contribution in [0.4, 0.5) is 10.5 Å². The Morgan fingerprint density at radius 3 is 2.43 bits per heavy atom. The van der Waals surface area contributed by atoms with Gasteiger partial charge < -0.3 is 10.6 Å². The minimum atomic E-state index is -0.605. The van der Waals surface area contributed by atoms with E-state index in [1.165, 1.54) is 15.9 Å². The number of hydrogen-bond donors (Lipinski definition) is 2. The minimum Gasteiger partial charge on any atom is -0.353 e. The van der Waals surface area contributed by atoms with Crippen molar-refractivity contribution in [2.45, 2.75) is 71.3 Å². The second-order valence-corrected chi connectivity index (χ2v) is 10.3. The number of nitrogens with zero attached hydrogens (tertiary/aromatic N) is 2. The fourth-order valence-electron chi connectivity index (χ4n) is 5.37. The fraction of sp³-hybridized carbons (Fsp3) is 0.483. The number of hydrogen-bond acceptors (Lipinski definition) is 4. The van der Waals surface area contributed by atoms with Crippen molar-refractivity contribution in [3.05, 3.63) is 53.6 Å². The third-order valence-electron chi connectivity index (χ3n) is 7.12. The van der Waals surface area contributed by atoms with E-state index in [-0.39, 0.29) is 36.9 Å². The van der Waals surface area contributed by atoms with Crippen molar-refractivity contribution in [1.29, 1.82) is 0 Å². The Kier molecular flexibility index (Phi) is 8.69. The molecular formula is C29H37N4O4+. The molecule has 8 nitrogen and oxygen atoms in total. The van der Waals surface area contributed by atoms with Crippen LogP contribution in [-0.4, -0.2) is 58.1 Å². The summed E-state index contributed by atoms with van der Waals surface area (Å²) in [6.45, 7) is 3.94. The molecule has 3 aliphatic rings. The molecule has 1 atom stereocenters. The summed E-state index contributed by atoms with van der Waals surface area (Å²) in [6.07, 6.45) is 14.1. The lowest BCUT2D eigenvalue weighted by atomic mass is 9.94. The number of urea groups is 1. The van der Waals surface area contributed by atoms with Crippen LogP contribution in [0.5, 0.6) is 0 Å². The van der Waals surface area contributed by atoms with E-state index in [4.69, 9.17) is 0 Å². The van der Waals surface area contributed by atoms with E-state index in [0.29, 0.717) is 30.7 Å². The van der Waals surface area contributed by atoms with Crippen LogP contribution >= 0.6 is 0 Å². The largest absolute Gasteiger partial charge is 0.501 e. The Bertz CT molecular complexity index is 1140. The molecule has 1 heterocycles. The maximum absolute atomic E-state index is 13.4. The first-order valence-electron chi connectivity index (χ1n) is 13.3. The Labute approximate surface area is 218 Å². The van der Waals surface area contributed by atoms with Crippen LogP contribution in [0.2, 0.25) is 0 Å². The molecular weight excluding hydrogens is 468 g/mol. The third kappa shape index (κ3) is 6.81. The van der Waals surface area contributed by atoms with Gasteiger partial charge in [0.1, 0.15) is 11.6 Å². The highest BCUT2D eigenvalue weighted by atomic mass is 16.2. The van der Waals surface area contributed by atoms with Gasteiger partial charge in [-0.2, -0.15) is 14.3 Å². The number of fused-ring (bicyclic) bond motifs is 1. The van der Waals surface area contributed by atoms with Crippen molar-refractivity contribution in [2.75, 3.05) is 18.4 Å². The molecule has 1 aromatic rings. The van der Waals surface area contributed by atoms with E-state index < -0.39 is 11.9 Å². The third-order valence-corrected chi connectivity index (χ3v) is 7.12. The number of nitrogens with one attached hydrogen (secondary N) is 2. The molecule has 0 radical (unpaired) electrons. The van der Waals surface area contributed by atoms with E-state index in [0.717, 1.165) is 36.8 Å². The summed E-state index contributed by atoms with van der Waals surface area (Å²) in [5, 5.41) is 5.98. The van der Waals surface area contributed by atoms with Crippen LogP contribution in [-0.2, 0) is 14.4 Å². The molecule has 1 fully saturated rings. The Balaban J connectivity index is 1.37. The van der Waals surface area contributed by atoms with Crippen LogP contribution in [0.25, 0.3) is 0 Å². The van der Waals surface area contributed by atoms with Gasteiger partial charge in [0.15, 0.2) is 6.54 Å². The zero-order valence-corrected chi connectivity index (χ0v) is 21.8. The van der Waals surface area contributed by atoms with Gasteiger partial charge in [0.25, 0.3) is 5.91 Å². The number of aryl methyl sites for hydroxylation is 2. The maximum atomic E-state index is 13.4. The smallest absolute Gasteiger partial charge is 0.353 e. The van der Waals surface area contributed by atoms with Crippen molar-refractivity contribution >= 4 is 35.2 Å². The lowest BCUT2D eigenvalue weighted by Gasteiger charge is -2.26. The number of imide groups is 1. The first kappa shape index (κ1) is 26.5. The van der Waals surface area contributed by atoms with Gasteiger partial charge in [-0.1, -0.05) is 43.6 Å². The van der Waals surface area contributed by atoms with E-state index in [1.807, 2.05) is 32.0 Å². The van der Waals surface area contributed by atoms with Gasteiger partial charge in [-0.25, -0.2) is 4.79 Å². The van der Waals surface area contributed by atoms with Crippen molar-refractivity contribution < 1.29 is 23.8 Å². The van der Waals surface area contributed by atoms with Gasteiger partial charge in [0.2, 0.25) is 5.91 Å². The van der Waals surface area contributed by atoms with Gasteiger partial charge in [0.05, 0.1) is 6.54 Å². The highest BCUT2D eigenvalue weighted by Crippen LogP contribution is 2.21. The molecule has 37 heavy (non-hydrogen) atoms. The predicted molar refractivity (Wildman–Crippen MR) is 142 cm³/mol. The Hall–Kier alpha value is -3.55. The van der Waals surface area contributed by atoms with Crippen molar-refractivity contribution in [3.63, 3.8) is 0 Å². The summed E-state index contributed by atoms with van der Waals surface area (Å²) in [4.78, 5) is 53.0. The zero-order chi connectivity index (χ0) is 26.4. The summed E-state index contributed by atoms with van der Waals surface area (Å²) >= 11 is 0. The van der Waals surface area contributed by atoms with Crippen molar-refractivity contribution in [3.8, 4) is 0 Å². The van der Waals surface area contributed by atoms with Gasteiger partial charge in [0, 0.05) is 18.2 Å². The van der Waals surface area contributed by atoms with E-state index in [9.17, 15) is 19.2 Å². The number of carbonyl (C=O) groups excluding carboxylic acids is 4. The van der Waals surface area contributed by atoms with E-state index in [2.05, 4.69) is 10.6 Å². The molecule has 5 amide bonds. The lowest BCUT2D eigenvalue weighted by molar-refractivity contribution is -0.427. The van der Waals surface area contributed by atoms with Gasteiger partial charge in [-0.15, -0.1) is 0 Å². The molecule has 0 spiro atoms. The molecule has 0 aromatic heterocycles. The fourth-order valence-corrected chi connectivity index (χ4v) is 5.37. The molecule has 196 valence electrons. The highest BCUT2D eigenvalue weighted by molar-refractivity contribution is 6.17. The molecule has 2 N–H and O–H groups in total. The monoisotopic (exact) mass is 505 g/mol. The SMILES string of the molecule is Cc1cc(C)cc(NC(=O)C[N+]2=C3C=CC=CC3C(=O)N(CCCCC(=O)NC3CCCCC3)C2=O)c1. The standard InChI is InChI=1S/C29H36N4O4/c1-20-16-21(2)18-23(17-20)31-27(35)19-33-25-13-7-6-12-24(25)28(36)32(29(33)37)15-9-8-14-26(34)30-22-10-4-3-5-11-22/h6-7,12-13,16-18,22,24H,3-5,8-11,14-15,19H2,1-2H3,(H-,30,31,34,35)/p+1. The molecule has 2 aliphatic carbocycles. The number of carbonyl (C=O) groups is 4. The number of allylic oxidation sites excluding steroid dienone is 3. The van der Waals surface area contributed by atoms with Crippen LogP contribution in [0.3, 0.4) is 0 Å². The topological polar surface area (TPSA) is 98.6 Å². The number of rotatable bonds is 9. The van der Waals surface area contributed by atoms with Crippen molar-refractivity contribution in [1.82, 2.24) is 10.2 Å². The maximum Gasteiger partial charge on any atom is 0.501 e. The highest BCUT2D eigenvalue weighted by Gasteiger charge is 2.46. The average Bonchev–Trinajstić information content (AvgIpc) is 2.86. The van der Waals surface area contributed by atoms with Crippen LogP contribution in [0.15, 0.2) is 42.5 Å². The number of benzene rings is 1. The van der Waals surface area contributed by atoms with Crippen molar-refractivity contribution in [2.24, 2.45) is 5.92 Å². The van der Waals surface area contributed by atoms with Crippen LogP contribution in [0, 0.1) is 19.8 Å². The molecule has 4 rings (SSSR count). The molecule has 0 bridgehead atoms. The summed E-state index contributed by atoms with van der Waals surface area (Å²) in [6, 6.07) is 5.55. The van der Waals surface area contributed by atoms with Gasteiger partial charge in [-0.3, -0.25) is 9.59 Å². The second kappa shape index (κ2) is 12.1. The molecule has 1 aliphatic heterocycles. The molecule has 0 saturated heterocycles. The quantitative estimate of drug-likeness (QED) is 0.391. The average molecular weight is 506 g/mol. The number of anilines is 1. The Morgan fingerprint density at radius 1 is 0.973 bits per heavy atom. The van der Waals surface area contributed by atoms with Crippen LogP contribution in [0.1, 0.15) is 62.5 Å². The molecule has 1 saturated carbocycles. The zero-order valence-electron chi connectivity index (χ0n) is 21.8. The first-order valence-corrected chi connectivity index (χ1v) is 13.3. The molecule has 1 aromatic carbocycles. The van der Waals surface area contributed by atoms with E-state index in [1.54, 1.807) is 24.3 Å². The summed E-state index contributed by atoms with van der Waals surface area (Å²) < 4.78 is 1.39.